The summed E-state index contributed by atoms with van der Waals surface area (Å²) in [6.45, 7) is 0.755. The molecule has 150 valence electrons. The normalized spacial score (nSPS) is 26.0. The van der Waals surface area contributed by atoms with Crippen molar-refractivity contribution in [3.05, 3.63) is 11.9 Å². The Morgan fingerprint density at radius 2 is 1.89 bits per heavy atom. The van der Waals surface area contributed by atoms with Crippen LogP contribution in [0.15, 0.2) is 6.20 Å². The van der Waals surface area contributed by atoms with Crippen LogP contribution in [-0.4, -0.2) is 34.1 Å². The zero-order valence-corrected chi connectivity index (χ0v) is 16.6. The van der Waals surface area contributed by atoms with Crippen LogP contribution in [0.3, 0.4) is 0 Å². The summed E-state index contributed by atoms with van der Waals surface area (Å²) in [5.74, 6) is 0.476. The van der Waals surface area contributed by atoms with Gasteiger partial charge < -0.3 is 15.4 Å². The van der Waals surface area contributed by atoms with Gasteiger partial charge in [-0.1, -0.05) is 38.5 Å². The zero-order valence-electron chi connectivity index (χ0n) is 16.6. The Hall–Kier alpha value is -1.56. The summed E-state index contributed by atoms with van der Waals surface area (Å²) >= 11 is 0. The maximum absolute atomic E-state index is 12.7. The second-order valence-corrected chi connectivity index (χ2v) is 8.82. The molecule has 1 unspecified atom stereocenters. The van der Waals surface area contributed by atoms with Crippen LogP contribution in [0.1, 0.15) is 88.7 Å². The molecule has 6 heteroatoms. The number of nitrogens with zero attached hydrogens (tertiary/aromatic N) is 2. The third-order valence-electron chi connectivity index (χ3n) is 6.69. The monoisotopic (exact) mass is 374 g/mol. The van der Waals surface area contributed by atoms with E-state index in [1.165, 1.54) is 51.4 Å². The summed E-state index contributed by atoms with van der Waals surface area (Å²) in [6, 6.07) is 0.101. The summed E-state index contributed by atoms with van der Waals surface area (Å²) in [4.78, 5) is 12.7. The zero-order chi connectivity index (χ0) is 18.7. The Morgan fingerprint density at radius 1 is 1.15 bits per heavy atom. The number of hydrogen-bond acceptors (Lipinski definition) is 3. The molecule has 1 saturated heterocycles. The molecule has 1 spiro atoms. The number of rotatable bonds is 3. The van der Waals surface area contributed by atoms with Crippen LogP contribution in [0.25, 0.3) is 0 Å². The first-order valence-corrected chi connectivity index (χ1v) is 10.9. The van der Waals surface area contributed by atoms with Crippen LogP contribution >= 0.6 is 0 Å². The van der Waals surface area contributed by atoms with Crippen LogP contribution < -0.4 is 10.6 Å². The fraction of sp³-hybridized carbons (Fsp3) is 0.810. The number of anilines is 1. The third kappa shape index (κ3) is 4.48. The molecule has 2 heterocycles. The van der Waals surface area contributed by atoms with E-state index < -0.39 is 0 Å². The molecule has 1 atom stereocenters. The molecule has 2 saturated carbocycles. The minimum absolute atomic E-state index is 0.00993. The molecule has 0 radical (unpaired) electrons. The molecular weight excluding hydrogens is 340 g/mol. The van der Waals surface area contributed by atoms with Gasteiger partial charge in [0.1, 0.15) is 0 Å². The molecule has 1 aromatic rings. The summed E-state index contributed by atoms with van der Waals surface area (Å²) in [5.41, 5.74) is 1.94. The minimum Gasteiger partial charge on any atom is -0.375 e. The van der Waals surface area contributed by atoms with Crippen molar-refractivity contribution >= 4 is 11.7 Å². The highest BCUT2D eigenvalue weighted by Gasteiger charge is 2.39. The highest BCUT2D eigenvalue weighted by Crippen LogP contribution is 2.39. The van der Waals surface area contributed by atoms with Gasteiger partial charge in [-0.05, 0) is 38.5 Å². The molecule has 1 aliphatic heterocycles. The van der Waals surface area contributed by atoms with Crippen LogP contribution in [-0.2, 0) is 11.8 Å². The van der Waals surface area contributed by atoms with Gasteiger partial charge in [0, 0.05) is 31.8 Å². The molecule has 27 heavy (non-hydrogen) atoms. The number of hydrogen-bond donors (Lipinski definition) is 2. The van der Waals surface area contributed by atoms with Crippen molar-refractivity contribution in [1.82, 2.24) is 15.1 Å². The summed E-state index contributed by atoms with van der Waals surface area (Å²) in [6.07, 6.45) is 16.1. The van der Waals surface area contributed by atoms with Crippen LogP contribution in [0.4, 0.5) is 10.5 Å². The van der Waals surface area contributed by atoms with Gasteiger partial charge >= 0.3 is 6.03 Å². The maximum Gasteiger partial charge on any atom is 0.319 e. The van der Waals surface area contributed by atoms with Crippen molar-refractivity contribution < 1.29 is 9.53 Å². The number of amides is 2. The SMILES string of the molecule is Cn1cc(NC(=O)NC2CCOC3(CCCCC3)C2)c(C2CCCCC2)n1. The Morgan fingerprint density at radius 3 is 2.67 bits per heavy atom. The molecule has 6 nitrogen and oxygen atoms in total. The Labute approximate surface area is 162 Å². The molecule has 3 fully saturated rings. The molecular formula is C21H34N4O2. The topological polar surface area (TPSA) is 68.2 Å². The van der Waals surface area contributed by atoms with Crippen molar-refractivity contribution in [2.24, 2.45) is 7.05 Å². The lowest BCUT2D eigenvalue weighted by molar-refractivity contribution is -0.107. The van der Waals surface area contributed by atoms with Crippen molar-refractivity contribution in [2.75, 3.05) is 11.9 Å². The molecule has 1 aromatic heterocycles. The molecule has 4 rings (SSSR count). The van der Waals surface area contributed by atoms with E-state index in [1.807, 2.05) is 17.9 Å². The van der Waals surface area contributed by atoms with Crippen LogP contribution in [0.5, 0.6) is 0 Å². The van der Waals surface area contributed by atoms with Gasteiger partial charge in [0.25, 0.3) is 0 Å². The maximum atomic E-state index is 12.7. The van der Waals surface area contributed by atoms with Gasteiger partial charge in [0.05, 0.1) is 17.0 Å². The number of urea groups is 1. The molecule has 3 aliphatic rings. The minimum atomic E-state index is -0.0991. The first-order valence-electron chi connectivity index (χ1n) is 10.9. The highest BCUT2D eigenvalue weighted by molar-refractivity contribution is 5.90. The first-order chi connectivity index (χ1) is 13.1. The summed E-state index contributed by atoms with van der Waals surface area (Å²) in [7, 11) is 1.93. The van der Waals surface area contributed by atoms with Gasteiger partial charge in [-0.3, -0.25) is 4.68 Å². The average Bonchev–Trinajstić information content (AvgIpc) is 3.03. The quantitative estimate of drug-likeness (QED) is 0.820. The highest BCUT2D eigenvalue weighted by atomic mass is 16.5. The van der Waals surface area contributed by atoms with Gasteiger partial charge in [-0.15, -0.1) is 0 Å². The third-order valence-corrected chi connectivity index (χ3v) is 6.69. The van der Waals surface area contributed by atoms with E-state index in [4.69, 9.17) is 4.74 Å². The van der Waals surface area contributed by atoms with Crippen LogP contribution in [0, 0.1) is 0 Å². The van der Waals surface area contributed by atoms with Gasteiger partial charge in [-0.25, -0.2) is 4.79 Å². The predicted molar refractivity (Wildman–Crippen MR) is 106 cm³/mol. The van der Waals surface area contributed by atoms with E-state index in [2.05, 4.69) is 15.7 Å². The number of ether oxygens (including phenoxy) is 1. The average molecular weight is 375 g/mol. The van der Waals surface area contributed by atoms with Crippen molar-refractivity contribution in [3.63, 3.8) is 0 Å². The van der Waals surface area contributed by atoms with Gasteiger partial charge in [0.15, 0.2) is 0 Å². The fourth-order valence-corrected chi connectivity index (χ4v) is 5.32. The molecule has 0 bridgehead atoms. The second kappa shape index (κ2) is 8.21. The van der Waals surface area contributed by atoms with Crippen LogP contribution in [0.2, 0.25) is 0 Å². The Kier molecular flexibility index (Phi) is 5.71. The number of nitrogens with one attached hydrogen (secondary N) is 2. The van der Waals surface area contributed by atoms with E-state index in [9.17, 15) is 4.79 Å². The van der Waals surface area contributed by atoms with Crippen molar-refractivity contribution in [2.45, 2.75) is 94.6 Å². The Bertz CT molecular complexity index is 639. The van der Waals surface area contributed by atoms with E-state index in [0.29, 0.717) is 5.92 Å². The van der Waals surface area contributed by atoms with E-state index >= 15 is 0 Å². The summed E-state index contributed by atoms with van der Waals surface area (Å²) < 4.78 is 7.98. The Balaban J connectivity index is 1.36. The first kappa shape index (κ1) is 18.8. The number of aryl methyl sites for hydroxylation is 1. The number of carbonyl (C=O) groups excluding carboxylic acids is 1. The molecule has 2 amide bonds. The lowest BCUT2D eigenvalue weighted by Gasteiger charge is -2.43. The standard InChI is InChI=1S/C21H34N4O2/c1-25-15-18(19(24-25)16-8-4-2-5-9-16)23-20(26)22-17-10-13-27-21(14-17)11-6-3-7-12-21/h15-17H,2-14H2,1H3,(H2,22,23,26). The number of carbonyl (C=O) groups is 1. The predicted octanol–water partition coefficient (Wildman–Crippen LogP) is 4.47. The number of aromatic nitrogens is 2. The van der Waals surface area contributed by atoms with Crippen molar-refractivity contribution in [1.29, 1.82) is 0 Å². The largest absolute Gasteiger partial charge is 0.375 e. The second-order valence-electron chi connectivity index (χ2n) is 8.82. The summed E-state index contributed by atoms with van der Waals surface area (Å²) in [5, 5.41) is 11.0. The van der Waals surface area contributed by atoms with E-state index in [-0.39, 0.29) is 17.7 Å². The smallest absolute Gasteiger partial charge is 0.319 e. The lowest BCUT2D eigenvalue weighted by atomic mass is 9.78. The van der Waals surface area contributed by atoms with Gasteiger partial charge in [-0.2, -0.15) is 5.10 Å². The van der Waals surface area contributed by atoms with Gasteiger partial charge in [0.2, 0.25) is 0 Å². The fourth-order valence-electron chi connectivity index (χ4n) is 5.32. The molecule has 2 aliphatic carbocycles. The molecule has 0 aromatic carbocycles. The lowest BCUT2D eigenvalue weighted by Crippen LogP contribution is -2.50. The van der Waals surface area contributed by atoms with Crippen molar-refractivity contribution in [3.8, 4) is 0 Å². The molecule has 2 N–H and O–H groups in total. The van der Waals surface area contributed by atoms with E-state index in [0.717, 1.165) is 43.7 Å². The van der Waals surface area contributed by atoms with E-state index in [1.54, 1.807) is 0 Å².